The number of benzene rings is 1. The fourth-order valence-corrected chi connectivity index (χ4v) is 1.95. The molecule has 0 aliphatic heterocycles. The van der Waals surface area contributed by atoms with Crippen LogP contribution in [-0.2, 0) is 17.8 Å². The maximum atomic E-state index is 5.63. The van der Waals surface area contributed by atoms with Gasteiger partial charge in [-0.25, -0.2) is 0 Å². The van der Waals surface area contributed by atoms with Gasteiger partial charge in [0.2, 0.25) is 0 Å². The third-order valence-corrected chi connectivity index (χ3v) is 3.13. The van der Waals surface area contributed by atoms with Crippen molar-refractivity contribution in [1.29, 1.82) is 0 Å². The second-order valence-corrected chi connectivity index (χ2v) is 5.65. The zero-order valence-electron chi connectivity index (χ0n) is 13.0. The Morgan fingerprint density at radius 2 is 1.90 bits per heavy atom. The van der Waals surface area contributed by atoms with Crippen LogP contribution in [0.4, 0.5) is 0 Å². The maximum absolute atomic E-state index is 5.63. The first-order chi connectivity index (χ1) is 9.72. The minimum atomic E-state index is 0.711. The van der Waals surface area contributed by atoms with Crippen molar-refractivity contribution in [1.82, 2.24) is 5.32 Å². The predicted molar refractivity (Wildman–Crippen MR) is 86.9 cm³/mol. The summed E-state index contributed by atoms with van der Waals surface area (Å²) in [7, 11) is 0. The van der Waals surface area contributed by atoms with Crippen LogP contribution in [0.15, 0.2) is 36.9 Å². The highest BCUT2D eigenvalue weighted by Gasteiger charge is 1.97. The third-order valence-electron chi connectivity index (χ3n) is 3.13. The number of allylic oxidation sites excluding steroid dienone is 1. The maximum Gasteiger partial charge on any atom is 0.0716 e. The van der Waals surface area contributed by atoms with E-state index in [1.165, 1.54) is 11.1 Å². The molecule has 0 aliphatic carbocycles. The smallest absolute Gasteiger partial charge is 0.0716 e. The molecule has 0 saturated heterocycles. The first-order valence-electron chi connectivity index (χ1n) is 7.69. The summed E-state index contributed by atoms with van der Waals surface area (Å²) in [5, 5.41) is 3.47. The topological polar surface area (TPSA) is 21.3 Å². The second kappa shape index (κ2) is 10.6. The Hall–Kier alpha value is -1.12. The van der Waals surface area contributed by atoms with Crippen molar-refractivity contribution >= 4 is 0 Å². The average Bonchev–Trinajstić information content (AvgIpc) is 2.44. The number of unbranched alkanes of at least 4 members (excludes halogenated alkanes) is 1. The largest absolute Gasteiger partial charge is 0.377 e. The molecule has 0 spiro atoms. The first kappa shape index (κ1) is 16.9. The van der Waals surface area contributed by atoms with Crippen molar-refractivity contribution in [3.05, 3.63) is 48.0 Å². The lowest BCUT2D eigenvalue weighted by atomic mass is 10.1. The van der Waals surface area contributed by atoms with Gasteiger partial charge in [0.05, 0.1) is 6.61 Å². The van der Waals surface area contributed by atoms with Crippen molar-refractivity contribution in [3.8, 4) is 0 Å². The molecular formula is C18H29NO. The zero-order chi connectivity index (χ0) is 14.6. The normalized spacial score (nSPS) is 10.9. The molecule has 0 aromatic heterocycles. The Morgan fingerprint density at radius 1 is 1.20 bits per heavy atom. The van der Waals surface area contributed by atoms with E-state index in [1.807, 2.05) is 6.08 Å². The number of rotatable bonds is 11. The van der Waals surface area contributed by atoms with Gasteiger partial charge < -0.3 is 10.1 Å². The van der Waals surface area contributed by atoms with Gasteiger partial charge in [0.25, 0.3) is 0 Å². The van der Waals surface area contributed by atoms with E-state index in [9.17, 15) is 0 Å². The summed E-state index contributed by atoms with van der Waals surface area (Å²) in [5.74, 6) is 0.718. The van der Waals surface area contributed by atoms with Gasteiger partial charge in [0.15, 0.2) is 0 Å². The van der Waals surface area contributed by atoms with Gasteiger partial charge in [-0.1, -0.05) is 44.2 Å². The molecule has 0 heterocycles. The van der Waals surface area contributed by atoms with E-state index in [-0.39, 0.29) is 0 Å². The quantitative estimate of drug-likeness (QED) is 0.487. The minimum Gasteiger partial charge on any atom is -0.377 e. The number of hydrogen-bond donors (Lipinski definition) is 1. The van der Waals surface area contributed by atoms with Crippen molar-refractivity contribution in [2.75, 3.05) is 19.7 Å². The fraction of sp³-hybridized carbons (Fsp3) is 0.556. The Labute approximate surface area is 124 Å². The van der Waals surface area contributed by atoms with Gasteiger partial charge in [-0.2, -0.15) is 0 Å². The summed E-state index contributed by atoms with van der Waals surface area (Å²) < 4.78 is 5.63. The molecule has 0 radical (unpaired) electrons. The van der Waals surface area contributed by atoms with Crippen LogP contribution < -0.4 is 5.32 Å². The molecule has 1 aromatic rings. The van der Waals surface area contributed by atoms with Crippen LogP contribution in [0.3, 0.4) is 0 Å². The van der Waals surface area contributed by atoms with Gasteiger partial charge >= 0.3 is 0 Å². The summed E-state index contributed by atoms with van der Waals surface area (Å²) in [6, 6.07) is 8.76. The van der Waals surface area contributed by atoms with Crippen molar-refractivity contribution in [2.24, 2.45) is 5.92 Å². The van der Waals surface area contributed by atoms with E-state index in [0.29, 0.717) is 6.61 Å². The minimum absolute atomic E-state index is 0.711. The molecule has 0 fully saturated rings. The summed E-state index contributed by atoms with van der Waals surface area (Å²) >= 11 is 0. The molecule has 0 amide bonds. The summed E-state index contributed by atoms with van der Waals surface area (Å²) in [6.45, 7) is 11.8. The SMILES string of the molecule is C=CCCCOCc1ccc(CCNCC(C)C)cc1. The molecule has 0 bridgehead atoms. The average molecular weight is 275 g/mol. The van der Waals surface area contributed by atoms with Gasteiger partial charge in [-0.3, -0.25) is 0 Å². The van der Waals surface area contributed by atoms with Crippen LogP contribution in [0, 0.1) is 5.92 Å². The summed E-state index contributed by atoms with van der Waals surface area (Å²) in [5.41, 5.74) is 2.64. The van der Waals surface area contributed by atoms with Crippen molar-refractivity contribution in [3.63, 3.8) is 0 Å². The van der Waals surface area contributed by atoms with Crippen LogP contribution in [0.1, 0.15) is 37.8 Å². The Bertz CT molecular complexity index is 356. The zero-order valence-corrected chi connectivity index (χ0v) is 13.0. The Balaban J connectivity index is 2.17. The summed E-state index contributed by atoms with van der Waals surface area (Å²) in [6.07, 6.45) is 5.12. The Kier molecular flexibility index (Phi) is 9.01. The second-order valence-electron chi connectivity index (χ2n) is 5.65. The van der Waals surface area contributed by atoms with Gasteiger partial charge in [-0.15, -0.1) is 6.58 Å². The van der Waals surface area contributed by atoms with Crippen molar-refractivity contribution < 1.29 is 4.74 Å². The molecule has 1 N–H and O–H groups in total. The van der Waals surface area contributed by atoms with E-state index in [4.69, 9.17) is 4.74 Å². The van der Waals surface area contributed by atoms with Crippen LogP contribution in [0.5, 0.6) is 0 Å². The molecule has 1 rings (SSSR count). The molecule has 0 saturated carbocycles. The van der Waals surface area contributed by atoms with E-state index in [0.717, 1.165) is 44.9 Å². The number of ether oxygens (including phenoxy) is 1. The standard InChI is InChI=1S/C18H29NO/c1-4-5-6-13-20-15-18-9-7-17(8-10-18)11-12-19-14-16(2)3/h4,7-10,16,19H,1,5-6,11-15H2,2-3H3. The molecule has 2 heteroatoms. The molecular weight excluding hydrogens is 246 g/mol. The number of hydrogen-bond acceptors (Lipinski definition) is 2. The van der Waals surface area contributed by atoms with E-state index in [1.54, 1.807) is 0 Å². The van der Waals surface area contributed by atoms with E-state index in [2.05, 4.69) is 50.0 Å². The molecule has 1 aromatic carbocycles. The molecule has 112 valence electrons. The van der Waals surface area contributed by atoms with Crippen molar-refractivity contribution in [2.45, 2.75) is 39.7 Å². The molecule has 2 nitrogen and oxygen atoms in total. The van der Waals surface area contributed by atoms with Gasteiger partial charge in [0.1, 0.15) is 0 Å². The molecule has 0 aliphatic rings. The number of nitrogens with one attached hydrogen (secondary N) is 1. The molecule has 20 heavy (non-hydrogen) atoms. The van der Waals surface area contributed by atoms with Crippen LogP contribution in [-0.4, -0.2) is 19.7 Å². The lowest BCUT2D eigenvalue weighted by Crippen LogP contribution is -2.22. The molecule has 0 unspecified atom stereocenters. The Morgan fingerprint density at radius 3 is 2.55 bits per heavy atom. The lowest BCUT2D eigenvalue weighted by Gasteiger charge is -2.08. The predicted octanol–water partition coefficient (Wildman–Crippen LogP) is 3.96. The van der Waals surface area contributed by atoms with Crippen LogP contribution in [0.2, 0.25) is 0 Å². The first-order valence-corrected chi connectivity index (χ1v) is 7.69. The highest BCUT2D eigenvalue weighted by molar-refractivity contribution is 5.22. The highest BCUT2D eigenvalue weighted by Crippen LogP contribution is 2.07. The molecule has 0 atom stereocenters. The monoisotopic (exact) mass is 275 g/mol. The lowest BCUT2D eigenvalue weighted by molar-refractivity contribution is 0.119. The van der Waals surface area contributed by atoms with Gasteiger partial charge in [-0.05, 0) is 49.4 Å². The van der Waals surface area contributed by atoms with Crippen LogP contribution in [0.25, 0.3) is 0 Å². The highest BCUT2D eigenvalue weighted by atomic mass is 16.5. The van der Waals surface area contributed by atoms with Crippen LogP contribution >= 0.6 is 0 Å². The third kappa shape index (κ3) is 8.13. The van der Waals surface area contributed by atoms with E-state index >= 15 is 0 Å². The van der Waals surface area contributed by atoms with Gasteiger partial charge in [0, 0.05) is 6.61 Å². The summed E-state index contributed by atoms with van der Waals surface area (Å²) in [4.78, 5) is 0. The van der Waals surface area contributed by atoms with E-state index < -0.39 is 0 Å². The fourth-order valence-electron chi connectivity index (χ4n) is 1.95.